The fourth-order valence-corrected chi connectivity index (χ4v) is 5.00. The molecule has 44 heavy (non-hydrogen) atoms. The van der Waals surface area contributed by atoms with Gasteiger partial charge in [-0.15, -0.1) is 0 Å². The van der Waals surface area contributed by atoms with Gasteiger partial charge < -0.3 is 49.6 Å². The number of hydrogen-bond donors (Lipinski definition) is 6. The van der Waals surface area contributed by atoms with Crippen LogP contribution in [0.25, 0.3) is 0 Å². The number of methoxy groups -OCH3 is 2. The van der Waals surface area contributed by atoms with Gasteiger partial charge in [0.1, 0.15) is 46.2 Å². The minimum absolute atomic E-state index is 0.0150. The predicted octanol–water partition coefficient (Wildman–Crippen LogP) is 4.58. The van der Waals surface area contributed by atoms with E-state index >= 15 is 0 Å². The standard InChI is InChI=1S/2C16H14O6/c1-21-14-3-2-8(4-12(14)19)16-13(20)7-10-11(18)5-9(17)6-15(10)22-16;1-21-13-3-2-8(4-10(13)18)14-7-12(20)16-11(19)5-9(17)6-15(16)22-14/h2-6,16-19H,7H2,1H3;2-6,14,17-19H,7H2,1H3. The summed E-state index contributed by atoms with van der Waals surface area (Å²) < 4.78 is 21.2. The molecule has 0 spiro atoms. The first-order valence-electron chi connectivity index (χ1n) is 13.2. The zero-order valence-corrected chi connectivity index (χ0v) is 23.5. The van der Waals surface area contributed by atoms with E-state index < -0.39 is 12.2 Å². The normalized spacial score (nSPS) is 16.8. The van der Waals surface area contributed by atoms with E-state index in [2.05, 4.69) is 0 Å². The molecule has 0 fully saturated rings. The van der Waals surface area contributed by atoms with E-state index in [4.69, 9.17) is 18.9 Å². The highest BCUT2D eigenvalue weighted by Crippen LogP contribution is 2.43. The monoisotopic (exact) mass is 604 g/mol. The lowest BCUT2D eigenvalue weighted by molar-refractivity contribution is -0.126. The molecule has 0 aliphatic carbocycles. The molecule has 0 radical (unpaired) electrons. The summed E-state index contributed by atoms with van der Waals surface area (Å²) in [6.45, 7) is 0. The summed E-state index contributed by atoms with van der Waals surface area (Å²) in [4.78, 5) is 24.4. The quantitative estimate of drug-likeness (QED) is 0.190. The van der Waals surface area contributed by atoms with E-state index in [0.29, 0.717) is 28.2 Å². The van der Waals surface area contributed by atoms with Gasteiger partial charge in [-0.25, -0.2) is 0 Å². The van der Waals surface area contributed by atoms with Crippen molar-refractivity contribution in [3.63, 3.8) is 0 Å². The topological polar surface area (TPSA) is 192 Å². The number of rotatable bonds is 4. The Morgan fingerprint density at radius 1 is 0.659 bits per heavy atom. The maximum absolute atomic E-state index is 12.2. The molecular formula is C32H28O12. The van der Waals surface area contributed by atoms with Gasteiger partial charge in [0.25, 0.3) is 0 Å². The summed E-state index contributed by atoms with van der Waals surface area (Å²) in [6.07, 6.45) is -1.51. The number of hydrogen-bond acceptors (Lipinski definition) is 12. The van der Waals surface area contributed by atoms with Crippen LogP contribution in [0.3, 0.4) is 0 Å². The Balaban J connectivity index is 0.000000175. The highest BCUT2D eigenvalue weighted by molar-refractivity contribution is 6.02. The smallest absolute Gasteiger partial charge is 0.182 e. The van der Waals surface area contributed by atoms with Gasteiger partial charge in [-0.2, -0.15) is 0 Å². The molecule has 2 atom stereocenters. The first-order chi connectivity index (χ1) is 21.0. The van der Waals surface area contributed by atoms with Gasteiger partial charge in [0, 0.05) is 41.8 Å². The number of carbonyl (C=O) groups is 2. The molecule has 0 saturated carbocycles. The van der Waals surface area contributed by atoms with Crippen molar-refractivity contribution in [2.24, 2.45) is 0 Å². The largest absolute Gasteiger partial charge is 0.508 e. The molecule has 0 amide bonds. The molecule has 0 bridgehead atoms. The van der Waals surface area contributed by atoms with E-state index in [1.807, 2.05) is 0 Å². The highest BCUT2D eigenvalue weighted by atomic mass is 16.5. The summed E-state index contributed by atoms with van der Waals surface area (Å²) in [6, 6.07) is 14.2. The lowest BCUT2D eigenvalue weighted by atomic mass is 9.95. The third-order valence-electron chi connectivity index (χ3n) is 7.12. The summed E-state index contributed by atoms with van der Waals surface area (Å²) in [7, 11) is 2.87. The van der Waals surface area contributed by atoms with Gasteiger partial charge in [-0.3, -0.25) is 9.59 Å². The van der Waals surface area contributed by atoms with Gasteiger partial charge >= 0.3 is 0 Å². The third kappa shape index (κ3) is 5.77. The van der Waals surface area contributed by atoms with E-state index in [1.165, 1.54) is 44.6 Å². The molecule has 0 aromatic heterocycles. The molecule has 2 heterocycles. The number of Topliss-reactive ketones (excluding diaryl/α,β-unsaturated/α-hetero) is 2. The van der Waals surface area contributed by atoms with Crippen molar-refractivity contribution in [2.45, 2.75) is 25.0 Å². The van der Waals surface area contributed by atoms with Crippen LogP contribution in [0, 0.1) is 0 Å². The minimum atomic E-state index is -0.912. The maximum atomic E-state index is 12.2. The van der Waals surface area contributed by atoms with Gasteiger partial charge in [-0.05, 0) is 29.8 Å². The van der Waals surface area contributed by atoms with Crippen LogP contribution in [-0.2, 0) is 11.2 Å². The second-order valence-corrected chi connectivity index (χ2v) is 10.0. The van der Waals surface area contributed by atoms with Crippen LogP contribution in [0.1, 0.15) is 45.7 Å². The Labute approximate surface area is 250 Å². The predicted molar refractivity (Wildman–Crippen MR) is 153 cm³/mol. The van der Waals surface area contributed by atoms with Crippen molar-refractivity contribution in [3.8, 4) is 57.5 Å². The first kappa shape index (κ1) is 29.7. The number of benzene rings is 4. The van der Waals surface area contributed by atoms with Crippen LogP contribution in [0.4, 0.5) is 0 Å². The number of phenols is 6. The third-order valence-corrected chi connectivity index (χ3v) is 7.12. The van der Waals surface area contributed by atoms with Crippen molar-refractivity contribution in [2.75, 3.05) is 14.2 Å². The van der Waals surface area contributed by atoms with Crippen LogP contribution >= 0.6 is 0 Å². The van der Waals surface area contributed by atoms with Crippen molar-refractivity contribution in [1.29, 1.82) is 0 Å². The molecule has 2 unspecified atom stereocenters. The second kappa shape index (κ2) is 11.8. The number of aromatic hydroxyl groups is 6. The molecule has 12 heteroatoms. The van der Waals surface area contributed by atoms with Gasteiger partial charge in [0.2, 0.25) is 0 Å². The summed E-state index contributed by atoms with van der Waals surface area (Å²) in [5, 5.41) is 58.2. The van der Waals surface area contributed by atoms with Crippen LogP contribution < -0.4 is 18.9 Å². The van der Waals surface area contributed by atoms with Crippen molar-refractivity contribution < 1.29 is 59.2 Å². The molecule has 0 saturated heterocycles. The minimum Gasteiger partial charge on any atom is -0.508 e. The molecule has 12 nitrogen and oxygen atoms in total. The SMILES string of the molecule is COc1ccc(C2CC(=O)c3c(O)cc(O)cc3O2)cc1O.COc1ccc(C2Oc3cc(O)cc(O)c3CC2=O)cc1O. The average molecular weight is 605 g/mol. The van der Waals surface area contributed by atoms with Crippen molar-refractivity contribution in [1.82, 2.24) is 0 Å². The summed E-state index contributed by atoms with van der Waals surface area (Å²) in [5.41, 5.74) is 1.47. The van der Waals surface area contributed by atoms with E-state index in [1.54, 1.807) is 18.2 Å². The molecular weight excluding hydrogens is 576 g/mol. The van der Waals surface area contributed by atoms with Gasteiger partial charge in [0.15, 0.2) is 40.7 Å². The number of carbonyl (C=O) groups excluding carboxylic acids is 2. The molecule has 4 aromatic carbocycles. The maximum Gasteiger partial charge on any atom is 0.182 e. The summed E-state index contributed by atoms with van der Waals surface area (Å²) in [5.74, 6) is -0.547. The lowest BCUT2D eigenvalue weighted by Gasteiger charge is -2.26. The van der Waals surface area contributed by atoms with E-state index in [9.17, 15) is 40.2 Å². The van der Waals surface area contributed by atoms with Gasteiger partial charge in [-0.1, -0.05) is 12.1 Å². The van der Waals surface area contributed by atoms with Crippen molar-refractivity contribution in [3.05, 3.63) is 82.9 Å². The molecule has 228 valence electrons. The molecule has 4 aromatic rings. The highest BCUT2D eigenvalue weighted by Gasteiger charge is 2.33. The zero-order chi connectivity index (χ0) is 31.7. The Morgan fingerprint density at radius 3 is 1.84 bits per heavy atom. The fourth-order valence-electron chi connectivity index (χ4n) is 5.00. The van der Waals surface area contributed by atoms with Crippen LogP contribution in [0.5, 0.6) is 57.5 Å². The fraction of sp³-hybridized carbons (Fsp3) is 0.188. The number of fused-ring (bicyclic) bond motifs is 2. The van der Waals surface area contributed by atoms with Gasteiger partial charge in [0.05, 0.1) is 20.6 Å². The Hall–Kier alpha value is -5.78. The Bertz CT molecular complexity index is 1760. The number of ketones is 2. The molecule has 2 aliphatic heterocycles. The average Bonchev–Trinajstić information content (AvgIpc) is 2.97. The van der Waals surface area contributed by atoms with E-state index in [0.717, 1.165) is 12.1 Å². The Kier molecular flexibility index (Phi) is 7.99. The van der Waals surface area contributed by atoms with Crippen LogP contribution in [-0.4, -0.2) is 56.4 Å². The van der Waals surface area contributed by atoms with Crippen molar-refractivity contribution >= 4 is 11.6 Å². The Morgan fingerprint density at radius 2 is 1.23 bits per heavy atom. The second-order valence-electron chi connectivity index (χ2n) is 10.0. The van der Waals surface area contributed by atoms with E-state index in [-0.39, 0.29) is 76.0 Å². The number of phenolic OH excluding ortho intramolecular Hbond substituents is 6. The molecule has 2 aliphatic rings. The number of ether oxygens (including phenoxy) is 4. The first-order valence-corrected chi connectivity index (χ1v) is 13.2. The summed E-state index contributed by atoms with van der Waals surface area (Å²) >= 11 is 0. The van der Waals surface area contributed by atoms with Crippen LogP contribution in [0.15, 0.2) is 60.7 Å². The molecule has 6 N–H and O–H groups in total. The zero-order valence-electron chi connectivity index (χ0n) is 23.5. The lowest BCUT2D eigenvalue weighted by Crippen LogP contribution is -2.25. The van der Waals surface area contributed by atoms with Crippen LogP contribution in [0.2, 0.25) is 0 Å². The molecule has 6 rings (SSSR count).